The van der Waals surface area contributed by atoms with Gasteiger partial charge in [-0.2, -0.15) is 0 Å². The van der Waals surface area contributed by atoms with Gasteiger partial charge in [0.15, 0.2) is 0 Å². The lowest BCUT2D eigenvalue weighted by atomic mass is 9.81. The van der Waals surface area contributed by atoms with Crippen LogP contribution in [0.5, 0.6) is 0 Å². The molecule has 2 aliphatic rings. The molecular weight excluding hydrogens is 140 g/mol. The molecule has 2 atom stereocenters. The Morgan fingerprint density at radius 3 is 2.64 bits per heavy atom. The van der Waals surface area contributed by atoms with Gasteiger partial charge >= 0.3 is 0 Å². The lowest BCUT2D eigenvalue weighted by Crippen LogP contribution is -2.25. The highest BCUT2D eigenvalue weighted by molar-refractivity contribution is 5.95. The van der Waals surface area contributed by atoms with Crippen molar-refractivity contribution >= 4 is 11.6 Å². The van der Waals surface area contributed by atoms with E-state index in [1.165, 1.54) is 0 Å². The van der Waals surface area contributed by atoms with Crippen molar-refractivity contribution < 1.29 is 9.59 Å². The summed E-state index contributed by atoms with van der Waals surface area (Å²) < 4.78 is 0. The Morgan fingerprint density at radius 1 is 1.64 bits per heavy atom. The van der Waals surface area contributed by atoms with E-state index in [1.54, 1.807) is 6.92 Å². The fourth-order valence-corrected chi connectivity index (χ4v) is 2.48. The molecule has 11 heavy (non-hydrogen) atoms. The first-order valence-electron chi connectivity index (χ1n) is 4.18. The molecule has 2 aliphatic carbocycles. The van der Waals surface area contributed by atoms with E-state index in [-0.39, 0.29) is 17.1 Å². The van der Waals surface area contributed by atoms with Crippen molar-refractivity contribution in [1.82, 2.24) is 0 Å². The monoisotopic (exact) mass is 152 g/mol. The Kier molecular flexibility index (Phi) is 1.23. The Hall–Kier alpha value is -0.660. The van der Waals surface area contributed by atoms with Crippen molar-refractivity contribution in [2.24, 2.45) is 11.3 Å². The van der Waals surface area contributed by atoms with Gasteiger partial charge in [-0.15, -0.1) is 0 Å². The zero-order valence-corrected chi connectivity index (χ0v) is 6.72. The number of Topliss-reactive ketones (excluding diaryl/α,β-unsaturated/α-hetero) is 2. The average molecular weight is 152 g/mol. The molecule has 0 saturated heterocycles. The van der Waals surface area contributed by atoms with Crippen LogP contribution >= 0.6 is 0 Å². The van der Waals surface area contributed by atoms with Crippen molar-refractivity contribution in [1.29, 1.82) is 0 Å². The number of hydrogen-bond donors (Lipinski definition) is 0. The molecule has 2 nitrogen and oxygen atoms in total. The second kappa shape index (κ2) is 1.93. The molecule has 0 spiro atoms. The van der Waals surface area contributed by atoms with Gasteiger partial charge in [0.25, 0.3) is 0 Å². The van der Waals surface area contributed by atoms with E-state index in [0.29, 0.717) is 12.2 Å². The molecule has 0 aromatic rings. The smallest absolute Gasteiger partial charge is 0.137 e. The molecule has 2 saturated carbocycles. The van der Waals surface area contributed by atoms with Gasteiger partial charge in [0.05, 0.1) is 0 Å². The van der Waals surface area contributed by atoms with Crippen LogP contribution in [-0.2, 0) is 9.59 Å². The molecule has 60 valence electrons. The maximum Gasteiger partial charge on any atom is 0.137 e. The van der Waals surface area contributed by atoms with Gasteiger partial charge in [0.2, 0.25) is 0 Å². The van der Waals surface area contributed by atoms with Crippen LogP contribution in [0.25, 0.3) is 0 Å². The van der Waals surface area contributed by atoms with Crippen LogP contribution in [0.15, 0.2) is 0 Å². The molecule has 0 N–H and O–H groups in total. The van der Waals surface area contributed by atoms with Crippen LogP contribution in [-0.4, -0.2) is 11.6 Å². The quantitative estimate of drug-likeness (QED) is 0.568. The zero-order valence-electron chi connectivity index (χ0n) is 6.72. The van der Waals surface area contributed by atoms with E-state index >= 15 is 0 Å². The molecule has 0 aromatic heterocycles. The molecule has 0 amide bonds. The van der Waals surface area contributed by atoms with Crippen LogP contribution in [0.3, 0.4) is 0 Å². The number of hydrogen-bond acceptors (Lipinski definition) is 2. The first-order valence-corrected chi connectivity index (χ1v) is 4.18. The van der Waals surface area contributed by atoms with E-state index in [9.17, 15) is 9.59 Å². The Morgan fingerprint density at radius 2 is 2.36 bits per heavy atom. The van der Waals surface area contributed by atoms with Crippen molar-refractivity contribution in [2.75, 3.05) is 0 Å². The maximum atomic E-state index is 11.2. The normalized spacial score (nSPS) is 41.5. The van der Waals surface area contributed by atoms with Crippen LogP contribution < -0.4 is 0 Å². The molecule has 2 rings (SSSR count). The summed E-state index contributed by atoms with van der Waals surface area (Å²) in [6.07, 6.45) is 3.30. The highest BCUT2D eigenvalue weighted by Crippen LogP contribution is 2.52. The van der Waals surface area contributed by atoms with Crippen LogP contribution in [0.2, 0.25) is 0 Å². The number of rotatable bonds is 1. The fourth-order valence-electron chi connectivity index (χ4n) is 2.48. The molecular formula is C9H12O2. The summed E-state index contributed by atoms with van der Waals surface area (Å²) in [5.74, 6) is 0.788. The molecule has 2 bridgehead atoms. The van der Waals surface area contributed by atoms with Crippen molar-refractivity contribution in [2.45, 2.75) is 32.6 Å². The molecule has 2 heteroatoms. The predicted octanol–water partition coefficient (Wildman–Crippen LogP) is 1.33. The highest BCUT2D eigenvalue weighted by atomic mass is 16.1. The summed E-state index contributed by atoms with van der Waals surface area (Å²) in [6.45, 7) is 1.63. The van der Waals surface area contributed by atoms with Crippen molar-refractivity contribution in [3.63, 3.8) is 0 Å². The van der Waals surface area contributed by atoms with Crippen molar-refractivity contribution in [3.8, 4) is 0 Å². The van der Waals surface area contributed by atoms with E-state index in [0.717, 1.165) is 19.3 Å². The molecule has 0 heterocycles. The predicted molar refractivity (Wildman–Crippen MR) is 40.1 cm³/mol. The number of carbonyl (C=O) groups excluding carboxylic acids is 2. The maximum absolute atomic E-state index is 11.2. The van der Waals surface area contributed by atoms with E-state index in [4.69, 9.17) is 0 Å². The number of fused-ring (bicyclic) bond motifs is 2. The summed E-state index contributed by atoms with van der Waals surface area (Å²) in [7, 11) is 0. The van der Waals surface area contributed by atoms with E-state index < -0.39 is 0 Å². The first-order chi connectivity index (χ1) is 5.14. The average Bonchev–Trinajstić information content (AvgIpc) is 2.44. The first kappa shape index (κ1) is 7.01. The minimum atomic E-state index is -0.207. The number of carbonyl (C=O) groups is 2. The topological polar surface area (TPSA) is 34.1 Å². The summed E-state index contributed by atoms with van der Waals surface area (Å²) in [5, 5.41) is 0. The standard InChI is InChI=1S/C9H12O2/c1-6(10)9-3-2-7(4-9)8(11)5-9/h7H,2-5H2,1H3. The summed E-state index contributed by atoms with van der Waals surface area (Å²) in [6, 6.07) is 0. The SMILES string of the molecule is CC(=O)C12CCC(C1)C(=O)C2. The van der Waals surface area contributed by atoms with Gasteiger partial charge in [-0.3, -0.25) is 9.59 Å². The fraction of sp³-hybridized carbons (Fsp3) is 0.778. The van der Waals surface area contributed by atoms with Gasteiger partial charge in [-0.1, -0.05) is 0 Å². The zero-order chi connectivity index (χ0) is 8.06. The second-order valence-corrected chi connectivity index (χ2v) is 3.92. The third-order valence-corrected chi connectivity index (χ3v) is 3.32. The van der Waals surface area contributed by atoms with E-state index in [1.807, 2.05) is 0 Å². The van der Waals surface area contributed by atoms with Gasteiger partial charge < -0.3 is 0 Å². The summed E-state index contributed by atoms with van der Waals surface area (Å²) >= 11 is 0. The second-order valence-electron chi connectivity index (χ2n) is 3.92. The van der Waals surface area contributed by atoms with Crippen LogP contribution in [0.1, 0.15) is 32.6 Å². The van der Waals surface area contributed by atoms with E-state index in [2.05, 4.69) is 0 Å². The molecule has 0 aliphatic heterocycles. The molecule has 0 radical (unpaired) electrons. The minimum Gasteiger partial charge on any atom is -0.299 e. The van der Waals surface area contributed by atoms with Crippen molar-refractivity contribution in [3.05, 3.63) is 0 Å². The lowest BCUT2D eigenvalue weighted by molar-refractivity contribution is -0.130. The van der Waals surface area contributed by atoms with Gasteiger partial charge in [-0.25, -0.2) is 0 Å². The summed E-state index contributed by atoms with van der Waals surface area (Å²) in [5.41, 5.74) is -0.207. The Labute approximate surface area is 66.0 Å². The Bertz CT molecular complexity index is 232. The molecule has 2 unspecified atom stereocenters. The number of ketones is 2. The largest absolute Gasteiger partial charge is 0.299 e. The summed E-state index contributed by atoms with van der Waals surface area (Å²) in [4.78, 5) is 22.4. The van der Waals surface area contributed by atoms with Crippen LogP contribution in [0.4, 0.5) is 0 Å². The third kappa shape index (κ3) is 0.784. The molecule has 0 aromatic carbocycles. The Balaban J connectivity index is 2.30. The minimum absolute atomic E-state index is 0.207. The van der Waals surface area contributed by atoms with Crippen LogP contribution in [0, 0.1) is 11.3 Å². The molecule has 2 fully saturated rings. The third-order valence-electron chi connectivity index (χ3n) is 3.32. The lowest BCUT2D eigenvalue weighted by Gasteiger charge is -2.21. The van der Waals surface area contributed by atoms with Gasteiger partial charge in [-0.05, 0) is 26.2 Å². The van der Waals surface area contributed by atoms with Gasteiger partial charge in [0.1, 0.15) is 11.6 Å². The highest BCUT2D eigenvalue weighted by Gasteiger charge is 2.52. The van der Waals surface area contributed by atoms with Gasteiger partial charge in [0, 0.05) is 17.8 Å².